The summed E-state index contributed by atoms with van der Waals surface area (Å²) in [6.07, 6.45) is -5.62. The van der Waals surface area contributed by atoms with Crippen molar-refractivity contribution in [1.29, 1.82) is 0 Å². The maximum absolute atomic E-state index is 12.9. The van der Waals surface area contributed by atoms with E-state index in [0.717, 1.165) is 0 Å². The van der Waals surface area contributed by atoms with Gasteiger partial charge in [-0.1, -0.05) is 27.7 Å². The zero-order valence-corrected chi connectivity index (χ0v) is 9.93. The van der Waals surface area contributed by atoms with Crippen LogP contribution in [-0.4, -0.2) is 48.3 Å². The van der Waals surface area contributed by atoms with E-state index in [-0.39, 0.29) is 0 Å². The fourth-order valence-electron chi connectivity index (χ4n) is 1.78. The fraction of sp³-hybridized carbons (Fsp3) is 1.00. The van der Waals surface area contributed by atoms with E-state index in [1.54, 1.807) is 27.7 Å². The van der Waals surface area contributed by atoms with E-state index in [1.807, 2.05) is 0 Å². The van der Waals surface area contributed by atoms with Crippen molar-refractivity contribution in [2.45, 2.75) is 40.0 Å². The van der Waals surface area contributed by atoms with Gasteiger partial charge < -0.3 is 0 Å². The molecule has 0 bridgehead atoms. The third kappa shape index (κ3) is 3.99. The van der Waals surface area contributed by atoms with Gasteiger partial charge in [0, 0.05) is 0 Å². The Balaban J connectivity index is 4.85. The third-order valence-corrected chi connectivity index (χ3v) is 2.61. The Kier molecular flexibility index (Phi) is 6.20. The van der Waals surface area contributed by atoms with Crippen LogP contribution in [0.1, 0.15) is 27.7 Å². The first kappa shape index (κ1) is 14.7. The molecule has 92 valence electrons. The molecule has 2 nitrogen and oxygen atoms in total. The lowest BCUT2D eigenvalue weighted by molar-refractivity contribution is -0.224. The first-order valence-corrected chi connectivity index (χ1v) is 5.47. The lowest BCUT2D eigenvalue weighted by Gasteiger charge is -2.38. The highest BCUT2D eigenvalue weighted by Gasteiger charge is 2.45. The van der Waals surface area contributed by atoms with Gasteiger partial charge in [-0.3, -0.25) is 9.80 Å². The molecule has 0 aliphatic heterocycles. The number of hydrogen-bond acceptors (Lipinski definition) is 2. The van der Waals surface area contributed by atoms with E-state index in [4.69, 9.17) is 0 Å². The monoisotopic (exact) mass is 226 g/mol. The van der Waals surface area contributed by atoms with Gasteiger partial charge in [0.1, 0.15) is 0 Å². The standard InChI is InChI=1S/C10H21F3N2/c1-5-14(6-2)9(10(11,12)13)15(7-3)8-4/h9H,5-8H2,1-4H3. The van der Waals surface area contributed by atoms with Gasteiger partial charge in [0.2, 0.25) is 0 Å². The number of alkyl halides is 3. The molecule has 0 amide bonds. The van der Waals surface area contributed by atoms with Crippen LogP contribution in [0.4, 0.5) is 13.2 Å². The van der Waals surface area contributed by atoms with Crippen LogP contribution in [0.5, 0.6) is 0 Å². The minimum absolute atomic E-state index is 0.414. The van der Waals surface area contributed by atoms with Crippen molar-refractivity contribution in [1.82, 2.24) is 9.80 Å². The SMILES string of the molecule is CCN(CC)C(N(CC)CC)C(F)(F)F. The molecular formula is C10H21F3N2. The molecule has 0 heterocycles. The first-order chi connectivity index (χ1) is 6.92. The zero-order chi connectivity index (χ0) is 12.1. The summed E-state index contributed by atoms with van der Waals surface area (Å²) in [6.45, 7) is 8.68. The van der Waals surface area contributed by atoms with Crippen LogP contribution in [0.15, 0.2) is 0 Å². The largest absolute Gasteiger partial charge is 0.417 e. The van der Waals surface area contributed by atoms with Gasteiger partial charge in [0.15, 0.2) is 6.17 Å². The Morgan fingerprint density at radius 3 is 1.20 bits per heavy atom. The van der Waals surface area contributed by atoms with Crippen LogP contribution in [-0.2, 0) is 0 Å². The van der Waals surface area contributed by atoms with Crippen molar-refractivity contribution in [3.05, 3.63) is 0 Å². The van der Waals surface area contributed by atoms with E-state index in [9.17, 15) is 13.2 Å². The van der Waals surface area contributed by atoms with Gasteiger partial charge in [-0.2, -0.15) is 13.2 Å². The fourth-order valence-corrected chi connectivity index (χ4v) is 1.78. The van der Waals surface area contributed by atoms with Gasteiger partial charge in [0.05, 0.1) is 0 Å². The normalized spacial score (nSPS) is 13.2. The predicted molar refractivity (Wildman–Crippen MR) is 55.7 cm³/mol. The topological polar surface area (TPSA) is 6.48 Å². The van der Waals surface area contributed by atoms with Crippen molar-refractivity contribution in [2.24, 2.45) is 0 Å². The molecule has 0 N–H and O–H groups in total. The molecule has 15 heavy (non-hydrogen) atoms. The van der Waals surface area contributed by atoms with Crippen LogP contribution in [0.2, 0.25) is 0 Å². The molecule has 0 unspecified atom stereocenters. The van der Waals surface area contributed by atoms with E-state index < -0.39 is 12.3 Å². The summed E-state index contributed by atoms with van der Waals surface area (Å²) in [7, 11) is 0. The van der Waals surface area contributed by atoms with Crippen LogP contribution in [0, 0.1) is 0 Å². The number of rotatable bonds is 6. The number of halogens is 3. The highest BCUT2D eigenvalue weighted by molar-refractivity contribution is 4.77. The van der Waals surface area contributed by atoms with Gasteiger partial charge in [0.25, 0.3) is 0 Å². The van der Waals surface area contributed by atoms with Crippen molar-refractivity contribution in [3.8, 4) is 0 Å². The molecule has 0 radical (unpaired) electrons. The molecule has 0 rings (SSSR count). The maximum Gasteiger partial charge on any atom is 0.417 e. The quantitative estimate of drug-likeness (QED) is 0.642. The molecule has 0 aliphatic carbocycles. The zero-order valence-electron chi connectivity index (χ0n) is 9.93. The van der Waals surface area contributed by atoms with Crippen LogP contribution >= 0.6 is 0 Å². The van der Waals surface area contributed by atoms with Gasteiger partial charge in [-0.25, -0.2) is 0 Å². The van der Waals surface area contributed by atoms with Crippen molar-refractivity contribution >= 4 is 0 Å². The molecule has 0 spiro atoms. The molecule has 0 saturated carbocycles. The van der Waals surface area contributed by atoms with Crippen LogP contribution in [0.25, 0.3) is 0 Å². The molecule has 0 fully saturated rings. The summed E-state index contributed by atoms with van der Waals surface area (Å²) in [5.74, 6) is 0. The van der Waals surface area contributed by atoms with E-state index in [1.165, 1.54) is 9.80 Å². The first-order valence-electron chi connectivity index (χ1n) is 5.47. The molecule has 0 aromatic rings. The smallest absolute Gasteiger partial charge is 0.281 e. The summed E-state index contributed by atoms with van der Waals surface area (Å²) >= 11 is 0. The van der Waals surface area contributed by atoms with Crippen molar-refractivity contribution in [2.75, 3.05) is 26.2 Å². The summed E-state index contributed by atoms with van der Waals surface area (Å²) in [6, 6.07) is 0. The van der Waals surface area contributed by atoms with Gasteiger partial charge in [-0.05, 0) is 26.2 Å². The number of nitrogens with zero attached hydrogens (tertiary/aromatic N) is 2. The van der Waals surface area contributed by atoms with E-state index >= 15 is 0 Å². The molecule has 5 heteroatoms. The molecule has 0 aromatic carbocycles. The Hall–Kier alpha value is -0.290. The van der Waals surface area contributed by atoms with E-state index in [2.05, 4.69) is 0 Å². The maximum atomic E-state index is 12.9. The van der Waals surface area contributed by atoms with Gasteiger partial charge >= 0.3 is 6.18 Å². The molecule has 0 aromatic heterocycles. The lowest BCUT2D eigenvalue weighted by atomic mass is 10.3. The van der Waals surface area contributed by atoms with Crippen LogP contribution < -0.4 is 0 Å². The second-order valence-electron chi connectivity index (χ2n) is 3.36. The average Bonchev–Trinajstić information content (AvgIpc) is 2.17. The van der Waals surface area contributed by atoms with Gasteiger partial charge in [-0.15, -0.1) is 0 Å². The molecule has 0 aliphatic rings. The Morgan fingerprint density at radius 1 is 0.800 bits per heavy atom. The molecule has 0 atom stereocenters. The highest BCUT2D eigenvalue weighted by Crippen LogP contribution is 2.27. The lowest BCUT2D eigenvalue weighted by Crippen LogP contribution is -2.56. The minimum atomic E-state index is -4.18. The molecule has 0 saturated heterocycles. The Morgan fingerprint density at radius 2 is 1.07 bits per heavy atom. The summed E-state index contributed by atoms with van der Waals surface area (Å²) in [4.78, 5) is 2.88. The van der Waals surface area contributed by atoms with Crippen LogP contribution in [0.3, 0.4) is 0 Å². The second-order valence-corrected chi connectivity index (χ2v) is 3.36. The molecular weight excluding hydrogens is 205 g/mol. The minimum Gasteiger partial charge on any atom is -0.281 e. The second kappa shape index (κ2) is 6.33. The number of hydrogen-bond donors (Lipinski definition) is 0. The average molecular weight is 226 g/mol. The Bertz CT molecular complexity index is 151. The predicted octanol–water partition coefficient (Wildman–Crippen LogP) is 2.56. The summed E-state index contributed by atoms with van der Waals surface area (Å²) in [5, 5.41) is 0. The van der Waals surface area contributed by atoms with Crippen molar-refractivity contribution in [3.63, 3.8) is 0 Å². The van der Waals surface area contributed by atoms with E-state index in [0.29, 0.717) is 26.2 Å². The summed E-state index contributed by atoms with van der Waals surface area (Å²) in [5.41, 5.74) is 0. The summed E-state index contributed by atoms with van der Waals surface area (Å²) < 4.78 is 38.7. The van der Waals surface area contributed by atoms with Crippen molar-refractivity contribution < 1.29 is 13.2 Å². The Labute approximate surface area is 90.0 Å². The highest BCUT2D eigenvalue weighted by atomic mass is 19.4. The third-order valence-electron chi connectivity index (χ3n) is 2.61.